The van der Waals surface area contributed by atoms with E-state index in [9.17, 15) is 5.11 Å². The van der Waals surface area contributed by atoms with Crippen molar-refractivity contribution >= 4 is 39.0 Å². The summed E-state index contributed by atoms with van der Waals surface area (Å²) < 4.78 is 5.55. The summed E-state index contributed by atoms with van der Waals surface area (Å²) in [4.78, 5) is 0. The van der Waals surface area contributed by atoms with Gasteiger partial charge in [0.1, 0.15) is 6.61 Å². The molecule has 8 aromatic carbocycles. The molecule has 0 unspecified atom stereocenters. The van der Waals surface area contributed by atoms with Crippen molar-refractivity contribution in [3.05, 3.63) is 182 Å². The summed E-state index contributed by atoms with van der Waals surface area (Å²) in [5.41, 5.74) is 15.8. The van der Waals surface area contributed by atoms with E-state index in [1.807, 2.05) is 12.1 Å². The van der Waals surface area contributed by atoms with E-state index in [4.69, 9.17) is 10.1 Å². The molecule has 0 fully saturated rings. The summed E-state index contributed by atoms with van der Waals surface area (Å²) in [6.07, 6.45) is 1.49. The van der Waals surface area contributed by atoms with Gasteiger partial charge in [0, 0.05) is 0 Å². The molecular weight excluding hydrogens is 637 g/mol. The summed E-state index contributed by atoms with van der Waals surface area (Å²) in [7, 11) is 1.50. The number of hydrogen-bond donors (Lipinski definition) is 3. The van der Waals surface area contributed by atoms with Crippen LogP contribution < -0.4 is 5.73 Å². The van der Waals surface area contributed by atoms with Gasteiger partial charge in [0.25, 0.3) is 0 Å². The number of nitrogens with one attached hydrogen (secondary N) is 1. The first-order valence-corrected chi connectivity index (χ1v) is 17.2. The average Bonchev–Trinajstić information content (AvgIpc) is 3.23. The van der Waals surface area contributed by atoms with Gasteiger partial charge in [-0.2, -0.15) is 0 Å². The van der Waals surface area contributed by atoms with Crippen molar-refractivity contribution in [2.75, 3.05) is 7.05 Å². The van der Waals surface area contributed by atoms with Gasteiger partial charge in [0.05, 0.1) is 12.9 Å². The van der Waals surface area contributed by atoms with Crippen LogP contribution in [0.1, 0.15) is 11.1 Å². The lowest BCUT2D eigenvalue weighted by Gasteiger charge is -2.19. The van der Waals surface area contributed by atoms with Crippen LogP contribution in [-0.2, 0) is 18.0 Å². The molecule has 0 aliphatic rings. The first-order chi connectivity index (χ1) is 25.7. The number of hydrogen-bond acceptors (Lipinski definition) is 4. The average molecular weight is 679 g/mol. The Morgan fingerprint density at radius 1 is 0.519 bits per heavy atom. The second kappa shape index (κ2) is 16.6. The number of fused-ring (bicyclic) bond motifs is 3. The maximum Gasteiger partial charge on any atom is 0.112 e. The SMILES string of the molecule is C=COCc1cccc(-c2c3ccccc3c(-c3cccc(CO)c3)c3cc(-c4ccc(-c5cccc6ccccc56)cc4)ccc23)c1.C=N.CN. The predicted molar refractivity (Wildman–Crippen MR) is 222 cm³/mol. The minimum Gasteiger partial charge on any atom is -0.497 e. The molecule has 0 radical (unpaired) electrons. The van der Waals surface area contributed by atoms with Crippen LogP contribution in [0.4, 0.5) is 0 Å². The molecule has 52 heavy (non-hydrogen) atoms. The van der Waals surface area contributed by atoms with Crippen molar-refractivity contribution in [1.82, 2.24) is 0 Å². The molecule has 8 rings (SSSR count). The van der Waals surface area contributed by atoms with Crippen molar-refractivity contribution in [1.29, 1.82) is 5.41 Å². The Morgan fingerprint density at radius 2 is 1.04 bits per heavy atom. The summed E-state index contributed by atoms with van der Waals surface area (Å²) in [6, 6.07) is 56.4. The minimum atomic E-state index is -0.00431. The zero-order chi connectivity index (χ0) is 36.5. The standard InChI is InChI=1S/C46H34O2.CH5N.CH3N/c1-2-48-30-32-11-8-15-38(27-32)45-41-17-5-6-18-42(41)46(37-14-7-10-31(26-37)29-47)44-28-36(24-25-43(44)45)33-20-22-35(23-21-33)40-19-9-13-34-12-3-4-16-39(34)40;2*1-2/h2-28,47H,1,29-30H2;2H2,1H3;2H,1H2. The van der Waals surface area contributed by atoms with Crippen molar-refractivity contribution in [3.8, 4) is 44.5 Å². The molecule has 4 heteroatoms. The van der Waals surface area contributed by atoms with Gasteiger partial charge in [-0.1, -0.05) is 146 Å². The zero-order valence-corrected chi connectivity index (χ0v) is 29.3. The van der Waals surface area contributed by atoms with Crippen molar-refractivity contribution in [2.45, 2.75) is 13.2 Å². The van der Waals surface area contributed by atoms with Gasteiger partial charge in [-0.3, -0.25) is 0 Å². The fraction of sp³-hybridized carbons (Fsp3) is 0.0625. The molecule has 8 aromatic rings. The van der Waals surface area contributed by atoms with Crippen LogP contribution in [0.2, 0.25) is 0 Å². The molecule has 0 saturated carbocycles. The minimum absolute atomic E-state index is 0.00431. The molecule has 4 N–H and O–H groups in total. The van der Waals surface area contributed by atoms with E-state index in [0.717, 1.165) is 33.4 Å². The van der Waals surface area contributed by atoms with Gasteiger partial charge in [-0.05, 0) is 120 Å². The second-order valence-corrected chi connectivity index (χ2v) is 12.2. The van der Waals surface area contributed by atoms with Crippen LogP contribution in [0.5, 0.6) is 0 Å². The first kappa shape index (κ1) is 35.5. The fourth-order valence-electron chi connectivity index (χ4n) is 7.10. The molecule has 0 aliphatic heterocycles. The summed E-state index contributed by atoms with van der Waals surface area (Å²) >= 11 is 0. The van der Waals surface area contributed by atoms with E-state index in [-0.39, 0.29) is 6.61 Å². The predicted octanol–water partition coefficient (Wildman–Crippen LogP) is 11.8. The Labute approximate surface area is 305 Å². The molecule has 0 heterocycles. The van der Waals surface area contributed by atoms with Crippen LogP contribution in [0.3, 0.4) is 0 Å². The van der Waals surface area contributed by atoms with E-state index in [0.29, 0.717) is 6.61 Å². The van der Waals surface area contributed by atoms with Gasteiger partial charge in [0.15, 0.2) is 0 Å². The van der Waals surface area contributed by atoms with Crippen LogP contribution in [0, 0.1) is 5.41 Å². The molecule has 0 amide bonds. The van der Waals surface area contributed by atoms with Crippen LogP contribution in [-0.4, -0.2) is 18.9 Å². The lowest BCUT2D eigenvalue weighted by Crippen LogP contribution is -1.94. The summed E-state index contributed by atoms with van der Waals surface area (Å²) in [5, 5.41) is 22.8. The van der Waals surface area contributed by atoms with Gasteiger partial charge in [-0.15, -0.1) is 0 Å². The van der Waals surface area contributed by atoms with E-state index >= 15 is 0 Å². The molecule has 0 spiro atoms. The second-order valence-electron chi connectivity index (χ2n) is 12.2. The van der Waals surface area contributed by atoms with Gasteiger partial charge in [0.2, 0.25) is 0 Å². The van der Waals surface area contributed by atoms with E-state index in [1.54, 1.807) is 0 Å². The quantitative estimate of drug-likeness (QED) is 0.0850. The Balaban J connectivity index is 0.00000112. The normalized spacial score (nSPS) is 10.6. The largest absolute Gasteiger partial charge is 0.497 e. The fourth-order valence-corrected chi connectivity index (χ4v) is 7.10. The smallest absolute Gasteiger partial charge is 0.112 e. The molecule has 256 valence electrons. The Bertz CT molecular complexity index is 2480. The lowest BCUT2D eigenvalue weighted by molar-refractivity contribution is 0.238. The molecule has 0 saturated heterocycles. The van der Waals surface area contributed by atoms with Gasteiger partial charge in [-0.25, -0.2) is 0 Å². The summed E-state index contributed by atoms with van der Waals surface area (Å²) in [5.74, 6) is 0. The van der Waals surface area contributed by atoms with Gasteiger partial charge < -0.3 is 21.0 Å². The number of nitrogens with two attached hydrogens (primary N) is 1. The highest BCUT2D eigenvalue weighted by molar-refractivity contribution is 6.22. The highest BCUT2D eigenvalue weighted by Crippen LogP contribution is 2.45. The maximum absolute atomic E-state index is 10.1. The zero-order valence-electron chi connectivity index (χ0n) is 29.3. The summed E-state index contributed by atoms with van der Waals surface area (Å²) in [6.45, 7) is 6.68. The molecule has 0 atom stereocenters. The number of aliphatic hydroxyl groups excluding tert-OH is 1. The lowest BCUT2D eigenvalue weighted by atomic mass is 9.84. The topological polar surface area (TPSA) is 79.3 Å². The molecule has 0 aliphatic carbocycles. The number of ether oxygens (including phenoxy) is 1. The molecular formula is C48H42N2O2. The van der Waals surface area contributed by atoms with Crippen molar-refractivity contribution in [2.24, 2.45) is 5.73 Å². The van der Waals surface area contributed by atoms with Crippen LogP contribution in [0.25, 0.3) is 76.8 Å². The Morgan fingerprint density at radius 3 is 1.71 bits per heavy atom. The highest BCUT2D eigenvalue weighted by atomic mass is 16.5. The van der Waals surface area contributed by atoms with E-state index < -0.39 is 0 Å². The molecule has 4 nitrogen and oxygen atoms in total. The van der Waals surface area contributed by atoms with Crippen LogP contribution >= 0.6 is 0 Å². The third-order valence-electron chi connectivity index (χ3n) is 9.32. The molecule has 0 bridgehead atoms. The number of aliphatic hydroxyl groups is 1. The van der Waals surface area contributed by atoms with E-state index in [1.165, 1.54) is 67.9 Å². The number of rotatable bonds is 8. The van der Waals surface area contributed by atoms with Crippen LogP contribution in [0.15, 0.2) is 171 Å². The third-order valence-corrected chi connectivity index (χ3v) is 9.32. The highest BCUT2D eigenvalue weighted by Gasteiger charge is 2.18. The maximum atomic E-state index is 10.1. The Kier molecular flexibility index (Phi) is 11.3. The van der Waals surface area contributed by atoms with Crippen molar-refractivity contribution in [3.63, 3.8) is 0 Å². The number of benzene rings is 8. The van der Waals surface area contributed by atoms with Crippen molar-refractivity contribution < 1.29 is 9.84 Å². The third kappa shape index (κ3) is 6.99. The Hall–Kier alpha value is -6.33. The first-order valence-electron chi connectivity index (χ1n) is 17.2. The monoisotopic (exact) mass is 678 g/mol. The van der Waals surface area contributed by atoms with Gasteiger partial charge >= 0.3 is 0 Å². The molecule has 0 aromatic heterocycles. The van der Waals surface area contributed by atoms with E-state index in [2.05, 4.69) is 165 Å².